The van der Waals surface area contributed by atoms with Gasteiger partial charge >= 0.3 is 0 Å². The predicted molar refractivity (Wildman–Crippen MR) is 72.8 cm³/mol. The molecule has 19 heavy (non-hydrogen) atoms. The van der Waals surface area contributed by atoms with E-state index in [1.165, 1.54) is 16.7 Å². The van der Waals surface area contributed by atoms with Crippen LogP contribution in [0.1, 0.15) is 16.7 Å². The Bertz CT molecular complexity index is 797. The maximum absolute atomic E-state index is 7.72. The van der Waals surface area contributed by atoms with Crippen LogP contribution in [0.5, 0.6) is 0 Å². The Labute approximate surface area is 110 Å². The summed E-state index contributed by atoms with van der Waals surface area (Å²) in [5.41, 5.74) is 5.44. The molecule has 0 radical (unpaired) electrons. The Balaban J connectivity index is 2.06. The number of imidazole rings is 1. The Morgan fingerprint density at radius 2 is 2.05 bits per heavy atom. The second kappa shape index (κ2) is 4.35. The molecular formula is C14H15N5. The summed E-state index contributed by atoms with van der Waals surface area (Å²) in [5.74, 6) is 0. The van der Waals surface area contributed by atoms with Crippen LogP contribution < -0.4 is 5.49 Å². The van der Waals surface area contributed by atoms with Gasteiger partial charge in [-0.25, -0.2) is 9.97 Å². The molecule has 0 aliphatic carbocycles. The maximum Gasteiger partial charge on any atom is 0.173 e. The smallest absolute Gasteiger partial charge is 0.173 e. The van der Waals surface area contributed by atoms with Crippen LogP contribution >= 0.6 is 0 Å². The first kappa shape index (κ1) is 11.6. The zero-order valence-electron chi connectivity index (χ0n) is 10.9. The zero-order valence-corrected chi connectivity index (χ0v) is 10.9. The van der Waals surface area contributed by atoms with E-state index in [1.807, 2.05) is 4.57 Å². The summed E-state index contributed by atoms with van der Waals surface area (Å²) in [6.07, 6.45) is 3.27. The highest BCUT2D eigenvalue weighted by Crippen LogP contribution is 2.12. The molecule has 5 nitrogen and oxygen atoms in total. The van der Waals surface area contributed by atoms with Crippen molar-refractivity contribution in [1.29, 1.82) is 5.41 Å². The molecule has 0 saturated heterocycles. The van der Waals surface area contributed by atoms with Crippen molar-refractivity contribution in [3.63, 3.8) is 0 Å². The van der Waals surface area contributed by atoms with E-state index in [9.17, 15) is 0 Å². The number of aryl methyl sites for hydroxylation is 2. The number of benzene rings is 1. The molecule has 0 saturated carbocycles. The van der Waals surface area contributed by atoms with Crippen LogP contribution in [0.25, 0.3) is 11.2 Å². The fourth-order valence-electron chi connectivity index (χ4n) is 2.14. The van der Waals surface area contributed by atoms with Crippen molar-refractivity contribution < 1.29 is 0 Å². The number of nitrogens with zero attached hydrogens (tertiary/aromatic N) is 3. The van der Waals surface area contributed by atoms with Gasteiger partial charge in [0, 0.05) is 0 Å². The lowest BCUT2D eigenvalue weighted by Crippen LogP contribution is -2.13. The first-order valence-electron chi connectivity index (χ1n) is 6.14. The van der Waals surface area contributed by atoms with Gasteiger partial charge in [0.1, 0.15) is 5.52 Å². The van der Waals surface area contributed by atoms with Gasteiger partial charge in [0.05, 0.1) is 19.2 Å². The Morgan fingerprint density at radius 1 is 1.21 bits per heavy atom. The molecule has 0 unspecified atom stereocenters. The quantitative estimate of drug-likeness (QED) is 0.732. The van der Waals surface area contributed by atoms with E-state index in [1.54, 1.807) is 12.7 Å². The molecular weight excluding hydrogens is 238 g/mol. The number of H-pyrrole nitrogens is 1. The number of aromatic amines is 1. The van der Waals surface area contributed by atoms with Crippen LogP contribution in [0.4, 0.5) is 0 Å². The summed E-state index contributed by atoms with van der Waals surface area (Å²) in [6, 6.07) is 6.41. The van der Waals surface area contributed by atoms with E-state index >= 15 is 0 Å². The Hall–Kier alpha value is -2.43. The second-order valence-corrected chi connectivity index (χ2v) is 4.74. The van der Waals surface area contributed by atoms with Gasteiger partial charge in [-0.15, -0.1) is 0 Å². The minimum absolute atomic E-state index is 0.226. The number of rotatable bonds is 2. The highest BCUT2D eigenvalue weighted by atomic mass is 15.1. The van der Waals surface area contributed by atoms with Gasteiger partial charge in [0.15, 0.2) is 11.1 Å². The molecule has 0 spiro atoms. The molecule has 96 valence electrons. The van der Waals surface area contributed by atoms with Crippen LogP contribution in [0.15, 0.2) is 30.9 Å². The van der Waals surface area contributed by atoms with Crippen LogP contribution in [0, 0.1) is 19.3 Å². The van der Waals surface area contributed by atoms with Crippen LogP contribution in [-0.2, 0) is 6.54 Å². The molecule has 0 atom stereocenters. The van der Waals surface area contributed by atoms with Crippen LogP contribution in [0.3, 0.4) is 0 Å². The van der Waals surface area contributed by atoms with Gasteiger partial charge in [-0.2, -0.15) is 0 Å². The lowest BCUT2D eigenvalue weighted by Gasteiger charge is -2.09. The monoisotopic (exact) mass is 253 g/mol. The van der Waals surface area contributed by atoms with Gasteiger partial charge in [0.2, 0.25) is 0 Å². The fraction of sp³-hybridized carbons (Fsp3) is 0.214. The van der Waals surface area contributed by atoms with Crippen molar-refractivity contribution in [1.82, 2.24) is 19.5 Å². The van der Waals surface area contributed by atoms with Crippen molar-refractivity contribution >= 4 is 11.2 Å². The number of hydrogen-bond donors (Lipinski definition) is 2. The molecule has 0 fully saturated rings. The van der Waals surface area contributed by atoms with Gasteiger partial charge < -0.3 is 9.55 Å². The summed E-state index contributed by atoms with van der Waals surface area (Å²) < 4.78 is 1.95. The van der Waals surface area contributed by atoms with Gasteiger partial charge in [-0.05, 0) is 30.5 Å². The van der Waals surface area contributed by atoms with E-state index in [-0.39, 0.29) is 5.49 Å². The molecule has 0 bridgehead atoms. The molecule has 5 heteroatoms. The number of aromatic nitrogens is 4. The fourth-order valence-corrected chi connectivity index (χ4v) is 2.14. The molecule has 2 aromatic heterocycles. The van der Waals surface area contributed by atoms with Crippen molar-refractivity contribution in [3.8, 4) is 0 Å². The first-order valence-corrected chi connectivity index (χ1v) is 6.14. The normalized spacial score (nSPS) is 11.1. The van der Waals surface area contributed by atoms with E-state index in [4.69, 9.17) is 5.41 Å². The first-order chi connectivity index (χ1) is 9.15. The van der Waals surface area contributed by atoms with Gasteiger partial charge in [-0.1, -0.05) is 18.2 Å². The van der Waals surface area contributed by atoms with Crippen molar-refractivity contribution in [2.24, 2.45) is 0 Å². The maximum atomic E-state index is 7.72. The summed E-state index contributed by atoms with van der Waals surface area (Å²) in [4.78, 5) is 11.3. The SMILES string of the molecule is Cc1ccc(Cn2cnc(=N)c3[nH]cnc32)cc1C. The molecule has 0 aliphatic rings. The zero-order chi connectivity index (χ0) is 13.4. The average Bonchev–Trinajstić information content (AvgIpc) is 2.87. The van der Waals surface area contributed by atoms with Crippen molar-refractivity contribution in [3.05, 3.63) is 53.0 Å². The highest BCUT2D eigenvalue weighted by molar-refractivity contribution is 5.68. The topological polar surface area (TPSA) is 70.3 Å². The minimum atomic E-state index is 0.226. The molecule has 1 aromatic carbocycles. The van der Waals surface area contributed by atoms with E-state index in [0.717, 1.165) is 5.65 Å². The van der Waals surface area contributed by atoms with Crippen LogP contribution in [0.2, 0.25) is 0 Å². The third-order valence-electron chi connectivity index (χ3n) is 3.38. The molecule has 0 amide bonds. The lowest BCUT2D eigenvalue weighted by atomic mass is 10.1. The van der Waals surface area contributed by atoms with E-state index < -0.39 is 0 Å². The molecule has 2 heterocycles. The summed E-state index contributed by atoms with van der Waals surface area (Å²) in [5, 5.41) is 7.72. The van der Waals surface area contributed by atoms with Crippen molar-refractivity contribution in [2.45, 2.75) is 20.4 Å². The standard InChI is InChI=1S/C14H15N5/c1-9-3-4-11(5-10(9)2)6-19-8-18-13(15)12-14(19)17-7-16-12/h3-5,7-8,15H,6H2,1-2H3,(H,16,17). The third kappa shape index (κ3) is 2.03. The van der Waals surface area contributed by atoms with Gasteiger partial charge in [-0.3, -0.25) is 5.41 Å². The molecule has 2 N–H and O–H groups in total. The number of hydrogen-bond acceptors (Lipinski definition) is 3. The Morgan fingerprint density at radius 3 is 2.84 bits per heavy atom. The summed E-state index contributed by atoms with van der Waals surface area (Å²) >= 11 is 0. The Kier molecular flexibility index (Phi) is 2.67. The minimum Gasteiger partial charge on any atom is -0.340 e. The average molecular weight is 253 g/mol. The number of nitrogens with one attached hydrogen (secondary N) is 2. The molecule has 3 aromatic rings. The largest absolute Gasteiger partial charge is 0.340 e. The predicted octanol–water partition coefficient (Wildman–Crippen LogP) is 1.90. The van der Waals surface area contributed by atoms with Gasteiger partial charge in [0.25, 0.3) is 0 Å². The third-order valence-corrected chi connectivity index (χ3v) is 3.38. The lowest BCUT2D eigenvalue weighted by molar-refractivity contribution is 0.782. The molecule has 3 rings (SSSR count). The van der Waals surface area contributed by atoms with Crippen molar-refractivity contribution in [2.75, 3.05) is 0 Å². The molecule has 0 aliphatic heterocycles. The van der Waals surface area contributed by atoms with Crippen LogP contribution in [-0.4, -0.2) is 19.5 Å². The highest BCUT2D eigenvalue weighted by Gasteiger charge is 2.05. The number of fused-ring (bicyclic) bond motifs is 1. The van der Waals surface area contributed by atoms with E-state index in [0.29, 0.717) is 12.1 Å². The summed E-state index contributed by atoms with van der Waals surface area (Å²) in [6.45, 7) is 4.92. The second-order valence-electron chi connectivity index (χ2n) is 4.74. The van der Waals surface area contributed by atoms with E-state index in [2.05, 4.69) is 47.0 Å². The summed E-state index contributed by atoms with van der Waals surface area (Å²) in [7, 11) is 0.